The number of esters is 1. The molecule has 45 heavy (non-hydrogen) atoms. The van der Waals surface area contributed by atoms with Crippen molar-refractivity contribution in [2.45, 2.75) is 76.7 Å². The Bertz CT molecular complexity index is 1720. The van der Waals surface area contributed by atoms with E-state index in [-0.39, 0.29) is 49.7 Å². The third kappa shape index (κ3) is 4.53. The third-order valence-corrected chi connectivity index (χ3v) is 10.4. The van der Waals surface area contributed by atoms with Gasteiger partial charge in [0.15, 0.2) is 11.5 Å². The number of likely N-dealkylation sites (N-methyl/N-ethyl adjacent to an activating group) is 1. The summed E-state index contributed by atoms with van der Waals surface area (Å²) in [5, 5.41) is 22.4. The predicted molar refractivity (Wildman–Crippen MR) is 167 cm³/mol. The zero-order valence-corrected chi connectivity index (χ0v) is 26.4. The number of methoxy groups -OCH3 is 1. The lowest BCUT2D eigenvalue weighted by Crippen LogP contribution is -2.68. The van der Waals surface area contributed by atoms with Gasteiger partial charge in [-0.05, 0) is 74.9 Å². The number of phenols is 1. The van der Waals surface area contributed by atoms with E-state index in [1.807, 2.05) is 37.3 Å². The van der Waals surface area contributed by atoms with Crippen molar-refractivity contribution in [3.8, 4) is 29.1 Å². The molecule has 9 heteroatoms. The number of phenolic OH excluding ortho intramolecular Hbond substituents is 1. The summed E-state index contributed by atoms with van der Waals surface area (Å²) < 4.78 is 23.8. The maximum Gasteiger partial charge on any atom is 0.306 e. The molecule has 7 rings (SSSR count). The van der Waals surface area contributed by atoms with Crippen LogP contribution in [0, 0.1) is 32.1 Å². The van der Waals surface area contributed by atoms with Crippen molar-refractivity contribution >= 4 is 5.97 Å². The highest BCUT2D eigenvalue weighted by atomic mass is 16.7. The minimum atomic E-state index is -0.515. The van der Waals surface area contributed by atoms with Crippen molar-refractivity contribution in [2.75, 3.05) is 27.6 Å². The number of piperazine rings is 1. The molecule has 3 aromatic carbocycles. The van der Waals surface area contributed by atoms with E-state index in [9.17, 15) is 15.2 Å². The first-order valence-electron chi connectivity index (χ1n) is 15.6. The molecule has 3 aromatic rings. The number of hydrogen-bond donors (Lipinski definition) is 1. The maximum absolute atomic E-state index is 13.2. The molecule has 9 nitrogen and oxygen atoms in total. The van der Waals surface area contributed by atoms with Crippen LogP contribution in [0.25, 0.3) is 0 Å². The van der Waals surface area contributed by atoms with Crippen molar-refractivity contribution < 1.29 is 28.8 Å². The standard InChI is InChI=1S/C36H39N3O6/c1-19-13-23-14-25-27(16-37)39-26(32(38(25)4)30(23)20(2)34(19)42-5)15-24-31(36-35(44-18-45-36)21(3)33(24)41)28(39)17-43-29(40)12-11-22-9-7-6-8-10-22/h6-10,13,25-28,32,41H,11-12,14-15,17-18H2,1-5H3/t25-,26?,27+,28+,32+/m1/s1. The van der Waals surface area contributed by atoms with Crippen LogP contribution in [0.5, 0.6) is 23.0 Å². The fraction of sp³-hybridized carbons (Fsp3) is 0.444. The van der Waals surface area contributed by atoms with Gasteiger partial charge in [-0.25, -0.2) is 0 Å². The van der Waals surface area contributed by atoms with Crippen LogP contribution in [0.4, 0.5) is 0 Å². The predicted octanol–water partition coefficient (Wildman–Crippen LogP) is 5.00. The second-order valence-electron chi connectivity index (χ2n) is 12.7. The summed E-state index contributed by atoms with van der Waals surface area (Å²) in [6.45, 7) is 6.09. The van der Waals surface area contributed by atoms with Crippen LogP contribution in [0.3, 0.4) is 0 Å². The lowest BCUT2D eigenvalue weighted by atomic mass is 9.71. The van der Waals surface area contributed by atoms with Gasteiger partial charge >= 0.3 is 5.97 Å². The first kappa shape index (κ1) is 29.5. The summed E-state index contributed by atoms with van der Waals surface area (Å²) >= 11 is 0. The second-order valence-corrected chi connectivity index (χ2v) is 12.7. The van der Waals surface area contributed by atoms with Crippen LogP contribution in [0.2, 0.25) is 0 Å². The van der Waals surface area contributed by atoms with Gasteiger partial charge in [-0.3, -0.25) is 14.6 Å². The Balaban J connectivity index is 1.33. The molecule has 4 aliphatic rings. The van der Waals surface area contributed by atoms with Crippen LogP contribution >= 0.6 is 0 Å². The Labute approximate surface area is 263 Å². The number of carbonyl (C=O) groups is 1. The van der Waals surface area contributed by atoms with Gasteiger partial charge in [0.05, 0.1) is 25.3 Å². The molecular weight excluding hydrogens is 570 g/mol. The molecule has 234 valence electrons. The van der Waals surface area contributed by atoms with E-state index < -0.39 is 12.1 Å². The molecule has 0 amide bonds. The van der Waals surface area contributed by atoms with Gasteiger partial charge in [0.2, 0.25) is 6.79 Å². The third-order valence-electron chi connectivity index (χ3n) is 10.4. The smallest absolute Gasteiger partial charge is 0.306 e. The first-order chi connectivity index (χ1) is 21.7. The highest BCUT2D eigenvalue weighted by Crippen LogP contribution is 2.57. The fourth-order valence-electron chi connectivity index (χ4n) is 8.48. The zero-order chi connectivity index (χ0) is 31.6. The summed E-state index contributed by atoms with van der Waals surface area (Å²) in [4.78, 5) is 17.7. The molecule has 0 aromatic heterocycles. The number of carbonyl (C=O) groups excluding carboxylic acids is 1. The Hall–Kier alpha value is -4.26. The van der Waals surface area contributed by atoms with E-state index in [0.29, 0.717) is 36.3 Å². The van der Waals surface area contributed by atoms with Crippen LogP contribution in [-0.2, 0) is 28.8 Å². The Kier molecular flexibility index (Phi) is 7.38. The van der Waals surface area contributed by atoms with Gasteiger partial charge in [-0.2, -0.15) is 5.26 Å². The van der Waals surface area contributed by atoms with Gasteiger partial charge in [-0.15, -0.1) is 0 Å². The molecule has 4 aliphatic heterocycles. The van der Waals surface area contributed by atoms with E-state index >= 15 is 0 Å². The molecule has 0 radical (unpaired) electrons. The molecule has 1 N–H and O–H groups in total. The van der Waals surface area contributed by atoms with E-state index in [1.54, 1.807) is 7.11 Å². The molecule has 1 saturated heterocycles. The molecule has 1 fully saturated rings. The average molecular weight is 610 g/mol. The monoisotopic (exact) mass is 609 g/mol. The number of nitriles is 1. The number of fused-ring (bicyclic) bond motifs is 9. The Morgan fingerprint density at radius 3 is 2.56 bits per heavy atom. The summed E-state index contributed by atoms with van der Waals surface area (Å²) in [6, 6.07) is 13.4. The summed E-state index contributed by atoms with van der Waals surface area (Å²) in [6.07, 6.45) is 2.02. The average Bonchev–Trinajstić information content (AvgIpc) is 3.53. The number of ether oxygens (including phenoxy) is 4. The van der Waals surface area contributed by atoms with Crippen molar-refractivity contribution in [1.29, 1.82) is 5.26 Å². The van der Waals surface area contributed by atoms with E-state index in [4.69, 9.17) is 18.9 Å². The van der Waals surface area contributed by atoms with Crippen molar-refractivity contribution in [3.63, 3.8) is 0 Å². The van der Waals surface area contributed by atoms with Crippen molar-refractivity contribution in [2.24, 2.45) is 0 Å². The lowest BCUT2D eigenvalue weighted by molar-refractivity contribution is -0.149. The Morgan fingerprint density at radius 1 is 1.07 bits per heavy atom. The molecular formula is C36H39N3O6. The molecule has 2 bridgehead atoms. The van der Waals surface area contributed by atoms with Crippen molar-refractivity contribution in [3.05, 3.63) is 80.9 Å². The zero-order valence-electron chi connectivity index (χ0n) is 26.4. The topological polar surface area (TPSA) is 104 Å². The number of hydrogen-bond acceptors (Lipinski definition) is 9. The maximum atomic E-state index is 13.2. The van der Waals surface area contributed by atoms with Crippen LogP contribution in [0.15, 0.2) is 36.4 Å². The number of nitrogens with zero attached hydrogens (tertiary/aromatic N) is 3. The van der Waals surface area contributed by atoms with Crippen LogP contribution in [-0.4, -0.2) is 66.6 Å². The van der Waals surface area contributed by atoms with Gasteiger partial charge in [0, 0.05) is 35.2 Å². The first-order valence-corrected chi connectivity index (χ1v) is 15.6. The lowest BCUT2D eigenvalue weighted by Gasteiger charge is -2.60. The molecule has 0 aliphatic carbocycles. The van der Waals surface area contributed by atoms with Gasteiger partial charge in [-0.1, -0.05) is 36.4 Å². The van der Waals surface area contributed by atoms with Crippen LogP contribution in [0.1, 0.15) is 63.0 Å². The normalized spacial score (nSPS) is 24.7. The number of aryl methyl sites for hydroxylation is 2. The molecule has 0 saturated carbocycles. The molecule has 1 unspecified atom stereocenters. The molecule has 4 heterocycles. The van der Waals surface area contributed by atoms with Crippen molar-refractivity contribution in [1.82, 2.24) is 9.80 Å². The van der Waals surface area contributed by atoms with Crippen LogP contribution < -0.4 is 14.2 Å². The minimum Gasteiger partial charge on any atom is -0.507 e. The largest absolute Gasteiger partial charge is 0.507 e. The minimum absolute atomic E-state index is 0.0276. The molecule has 5 atom stereocenters. The highest BCUT2D eigenvalue weighted by Gasteiger charge is 2.56. The SMILES string of the molecule is COc1c(C)cc2c(c1C)[C@@H]1C3Cc4c(O)c(C)c5c(c4[C@H](COC(=O)CCc4ccccc4)N3[C@@H](C#N)[C@@H](C2)N1C)OCO5. The fourth-order valence-corrected chi connectivity index (χ4v) is 8.48. The van der Waals surface area contributed by atoms with Gasteiger partial charge in [0.1, 0.15) is 24.1 Å². The summed E-state index contributed by atoms with van der Waals surface area (Å²) in [5.74, 6) is 1.81. The van der Waals surface area contributed by atoms with E-state index in [0.717, 1.165) is 33.6 Å². The second kappa shape index (κ2) is 11.3. The molecule has 0 spiro atoms. The summed E-state index contributed by atoms with van der Waals surface area (Å²) in [5.41, 5.74) is 7.83. The summed E-state index contributed by atoms with van der Waals surface area (Å²) in [7, 11) is 3.81. The van der Waals surface area contributed by atoms with Gasteiger partial charge in [0.25, 0.3) is 0 Å². The number of benzene rings is 3. The van der Waals surface area contributed by atoms with E-state index in [2.05, 4.69) is 42.8 Å². The van der Waals surface area contributed by atoms with E-state index in [1.165, 1.54) is 11.1 Å². The highest BCUT2D eigenvalue weighted by molar-refractivity contribution is 5.70. The number of rotatable bonds is 6. The van der Waals surface area contributed by atoms with Gasteiger partial charge < -0.3 is 24.1 Å². The Morgan fingerprint density at radius 2 is 1.82 bits per heavy atom. The quantitative estimate of drug-likeness (QED) is 0.387. The number of aromatic hydroxyl groups is 1.